The van der Waals surface area contributed by atoms with Gasteiger partial charge in [-0.1, -0.05) is 52.9 Å². The highest BCUT2D eigenvalue weighted by Gasteiger charge is 2.35. The number of aromatic nitrogens is 2. The van der Waals surface area contributed by atoms with Gasteiger partial charge in [0.2, 0.25) is 0 Å². The van der Waals surface area contributed by atoms with Crippen molar-refractivity contribution in [3.8, 4) is 23.8 Å². The Bertz CT molecular complexity index is 1530. The van der Waals surface area contributed by atoms with Crippen LogP contribution in [0.5, 0.6) is 0 Å². The Kier molecular flexibility index (Phi) is 11.2. The van der Waals surface area contributed by atoms with Crippen LogP contribution in [-0.4, -0.2) is 16.3 Å². The number of benzene rings is 2. The summed E-state index contributed by atoms with van der Waals surface area (Å²) in [5, 5.41) is 21.4. The van der Waals surface area contributed by atoms with E-state index in [2.05, 4.69) is 34.3 Å². The van der Waals surface area contributed by atoms with Crippen molar-refractivity contribution in [3.05, 3.63) is 64.6 Å². The lowest BCUT2D eigenvalue weighted by atomic mass is 10.1. The molecule has 0 fully saturated rings. The maximum Gasteiger partial charge on any atom is 0.418 e. The summed E-state index contributed by atoms with van der Waals surface area (Å²) in [5.74, 6) is -4.88. The molecule has 0 atom stereocenters. The Hall–Kier alpha value is -4.52. The first-order valence-corrected chi connectivity index (χ1v) is 13.7. The molecule has 13 heteroatoms. The topological polar surface area (TPSA) is 95.6 Å². The summed E-state index contributed by atoms with van der Waals surface area (Å²) >= 11 is 0. The van der Waals surface area contributed by atoms with Gasteiger partial charge in [-0.2, -0.15) is 23.5 Å². The van der Waals surface area contributed by atoms with E-state index in [1.165, 1.54) is 11.0 Å². The molecule has 1 aromatic heterocycles. The summed E-state index contributed by atoms with van der Waals surface area (Å²) < 4.78 is 86.1. The molecule has 2 aromatic carbocycles. The second-order valence-electron chi connectivity index (χ2n) is 10.1. The number of azo groups is 1. The highest BCUT2D eigenvalue weighted by Crippen LogP contribution is 2.40. The van der Waals surface area contributed by atoms with E-state index in [4.69, 9.17) is 5.73 Å². The zero-order valence-electron chi connectivity index (χ0n) is 23.9. The molecule has 0 aliphatic carbocycles. The van der Waals surface area contributed by atoms with Gasteiger partial charge in [0, 0.05) is 36.5 Å². The zero-order chi connectivity index (χ0) is 31.7. The van der Waals surface area contributed by atoms with Crippen LogP contribution in [0.25, 0.3) is 5.69 Å². The lowest BCUT2D eigenvalue weighted by Crippen LogP contribution is -2.19. The number of unbranched alkanes of at least 4 members (excludes halogenated alkanes) is 5. The van der Waals surface area contributed by atoms with E-state index in [-0.39, 0.29) is 16.9 Å². The molecule has 0 unspecified atom stereocenters. The zero-order valence-corrected chi connectivity index (χ0v) is 23.9. The normalized spacial score (nSPS) is 11.6. The van der Waals surface area contributed by atoms with Crippen LogP contribution in [0.3, 0.4) is 0 Å². The van der Waals surface area contributed by atoms with Gasteiger partial charge in [0.1, 0.15) is 23.1 Å². The molecule has 0 aliphatic rings. The van der Waals surface area contributed by atoms with E-state index in [0.29, 0.717) is 29.8 Å². The molecule has 0 spiro atoms. The predicted octanol–water partition coefficient (Wildman–Crippen LogP) is 8.76. The Morgan fingerprint density at radius 2 is 1.65 bits per heavy atom. The summed E-state index contributed by atoms with van der Waals surface area (Å²) in [7, 11) is 0. The molecule has 7 nitrogen and oxygen atoms in total. The highest BCUT2D eigenvalue weighted by molar-refractivity contribution is 5.62. The van der Waals surface area contributed by atoms with Crippen LogP contribution in [0.1, 0.15) is 82.0 Å². The number of halogens is 6. The molecule has 3 rings (SSSR count). The molecule has 0 bridgehead atoms. The van der Waals surface area contributed by atoms with Gasteiger partial charge in [-0.05, 0) is 30.5 Å². The van der Waals surface area contributed by atoms with Crippen molar-refractivity contribution >= 4 is 17.2 Å². The first-order chi connectivity index (χ1) is 20.4. The Morgan fingerprint density at radius 3 is 2.23 bits per heavy atom. The number of nitriles is 1. The smallest absolute Gasteiger partial charge is 0.358 e. The lowest BCUT2D eigenvalue weighted by Gasteiger charge is -2.20. The van der Waals surface area contributed by atoms with Crippen molar-refractivity contribution in [1.82, 2.24) is 9.78 Å². The number of alkyl halides is 3. The van der Waals surface area contributed by atoms with Crippen molar-refractivity contribution in [3.63, 3.8) is 0 Å². The van der Waals surface area contributed by atoms with Crippen LogP contribution in [0, 0.1) is 40.9 Å². The van der Waals surface area contributed by atoms with Crippen LogP contribution in [-0.2, 0) is 6.18 Å². The van der Waals surface area contributed by atoms with Gasteiger partial charge in [0.15, 0.2) is 17.5 Å². The average molecular weight is 604 g/mol. The Morgan fingerprint density at radius 1 is 1.00 bits per heavy atom. The molecule has 0 saturated heterocycles. The van der Waals surface area contributed by atoms with Gasteiger partial charge < -0.3 is 10.6 Å². The minimum atomic E-state index is -4.87. The molecule has 0 saturated carbocycles. The molecule has 43 heavy (non-hydrogen) atoms. The van der Waals surface area contributed by atoms with Gasteiger partial charge in [-0.25, -0.2) is 17.9 Å². The SMILES string of the molecule is CCCCCCCCN(C#CN)c1ccc(N=Nc2c(C#N)c(C(C)C)nn2-c2c(F)cc(F)cc2F)c(C(F)(F)F)c1. The maximum atomic E-state index is 14.7. The van der Waals surface area contributed by atoms with E-state index < -0.39 is 52.3 Å². The number of rotatable bonds is 12. The van der Waals surface area contributed by atoms with E-state index >= 15 is 0 Å². The summed E-state index contributed by atoms with van der Waals surface area (Å²) in [6.45, 7) is 5.75. The first-order valence-electron chi connectivity index (χ1n) is 13.7. The van der Waals surface area contributed by atoms with Gasteiger partial charge in [-0.15, -0.1) is 10.2 Å². The van der Waals surface area contributed by atoms with Gasteiger partial charge >= 0.3 is 6.18 Å². The summed E-state index contributed by atoms with van der Waals surface area (Å²) in [6, 6.07) is 10.8. The minimum absolute atomic E-state index is 0.0664. The molecule has 2 N–H and O–H groups in total. The molecule has 228 valence electrons. The molecule has 1 heterocycles. The first kappa shape index (κ1) is 33.0. The lowest BCUT2D eigenvalue weighted by molar-refractivity contribution is -0.137. The van der Waals surface area contributed by atoms with Gasteiger partial charge in [0.05, 0.1) is 16.9 Å². The fourth-order valence-corrected chi connectivity index (χ4v) is 4.41. The fourth-order valence-electron chi connectivity index (χ4n) is 4.41. The maximum absolute atomic E-state index is 14.7. The summed E-state index contributed by atoms with van der Waals surface area (Å²) in [5.41, 5.74) is 2.68. The highest BCUT2D eigenvalue weighted by atomic mass is 19.4. The van der Waals surface area contributed by atoms with Crippen molar-refractivity contribution in [2.24, 2.45) is 16.0 Å². The average Bonchev–Trinajstić information content (AvgIpc) is 3.30. The van der Waals surface area contributed by atoms with Crippen molar-refractivity contribution in [1.29, 1.82) is 5.26 Å². The van der Waals surface area contributed by atoms with E-state index in [1.54, 1.807) is 13.8 Å². The number of nitrogens with zero attached hydrogens (tertiary/aromatic N) is 6. The van der Waals surface area contributed by atoms with Crippen molar-refractivity contribution in [2.45, 2.75) is 71.4 Å². The Labute approximate surface area is 246 Å². The van der Waals surface area contributed by atoms with E-state index in [1.807, 2.05) is 6.07 Å². The van der Waals surface area contributed by atoms with Crippen molar-refractivity contribution < 1.29 is 26.3 Å². The molecule has 0 radical (unpaired) electrons. The monoisotopic (exact) mass is 603 g/mol. The summed E-state index contributed by atoms with van der Waals surface area (Å²) in [6.07, 6.45) is 0.969. The third-order valence-electron chi connectivity index (χ3n) is 6.52. The second-order valence-corrected chi connectivity index (χ2v) is 10.1. The number of hydrogen-bond acceptors (Lipinski definition) is 6. The molecular weight excluding hydrogens is 572 g/mol. The van der Waals surface area contributed by atoms with Crippen LogP contribution >= 0.6 is 0 Å². The second kappa shape index (κ2) is 14.6. The predicted molar refractivity (Wildman–Crippen MR) is 151 cm³/mol. The van der Waals surface area contributed by atoms with E-state index in [9.17, 15) is 31.6 Å². The number of nitrogens with two attached hydrogens (primary N) is 1. The molecular formula is C30H31F6N7. The van der Waals surface area contributed by atoms with Crippen LogP contribution in [0.4, 0.5) is 43.5 Å². The Balaban J connectivity index is 2.07. The number of anilines is 1. The standard InChI is InChI=1S/C30H31F6N7/c1-4-5-6-7-8-9-13-42(14-12-37)21-10-11-26(23(17-21)30(34,35)36)39-40-29-22(18-38)27(19(2)3)41-43(29)28-24(32)15-20(31)16-25(28)33/h10-11,15-17,19H,4-9,13,37H2,1-3H3. The van der Waals surface area contributed by atoms with Crippen molar-refractivity contribution in [2.75, 3.05) is 11.4 Å². The van der Waals surface area contributed by atoms with Crippen LogP contribution < -0.4 is 10.6 Å². The third kappa shape index (κ3) is 8.07. The number of hydrogen-bond donors (Lipinski definition) is 1. The van der Waals surface area contributed by atoms with E-state index in [0.717, 1.165) is 44.2 Å². The minimum Gasteiger partial charge on any atom is -0.358 e. The largest absolute Gasteiger partial charge is 0.418 e. The molecule has 3 aromatic rings. The van der Waals surface area contributed by atoms with Crippen LogP contribution in [0.15, 0.2) is 40.6 Å². The fraction of sp³-hybridized carbons (Fsp3) is 0.400. The van der Waals surface area contributed by atoms with Gasteiger partial charge in [-0.3, -0.25) is 0 Å². The third-order valence-corrected chi connectivity index (χ3v) is 6.52. The molecule has 0 aliphatic heterocycles. The van der Waals surface area contributed by atoms with Gasteiger partial charge in [0.25, 0.3) is 0 Å². The summed E-state index contributed by atoms with van der Waals surface area (Å²) in [4.78, 5) is 1.42. The van der Waals surface area contributed by atoms with Crippen LogP contribution in [0.2, 0.25) is 0 Å². The molecule has 0 amide bonds. The quantitative estimate of drug-likeness (QED) is 0.0736.